The molecule has 1 nitrogen and oxygen atoms in total. The average Bonchev–Trinajstić information content (AvgIpc) is 3.01. The molecule has 3 unspecified atom stereocenters. The largest absolute Gasteiger partial charge is 0.310 e. The molecule has 3 fully saturated rings. The number of nitrogens with one attached hydrogen (secondary N) is 1. The van der Waals surface area contributed by atoms with E-state index in [4.69, 9.17) is 0 Å². The lowest BCUT2D eigenvalue weighted by Crippen LogP contribution is -2.28. The van der Waals surface area contributed by atoms with Gasteiger partial charge in [0, 0.05) is 6.04 Å². The fourth-order valence-corrected chi connectivity index (χ4v) is 4.56. The van der Waals surface area contributed by atoms with Gasteiger partial charge in [-0.05, 0) is 73.4 Å². The quantitative estimate of drug-likeness (QED) is 0.820. The second-order valence-electron chi connectivity index (χ2n) is 7.32. The van der Waals surface area contributed by atoms with Crippen LogP contribution < -0.4 is 5.32 Å². The summed E-state index contributed by atoms with van der Waals surface area (Å²) >= 11 is 0. The molecule has 20 heavy (non-hydrogen) atoms. The lowest BCUT2D eigenvalue weighted by atomic mass is 9.78. The highest BCUT2D eigenvalue weighted by atomic mass is 14.9. The van der Waals surface area contributed by atoms with E-state index in [1.54, 1.807) is 11.1 Å². The topological polar surface area (TPSA) is 12.0 Å². The molecule has 0 bridgehead atoms. The van der Waals surface area contributed by atoms with Crippen molar-refractivity contribution < 1.29 is 0 Å². The summed E-state index contributed by atoms with van der Waals surface area (Å²) in [6.45, 7) is 3.34. The Hall–Kier alpha value is -0.820. The summed E-state index contributed by atoms with van der Waals surface area (Å²) in [5, 5.41) is 3.78. The zero-order valence-electron chi connectivity index (χ0n) is 12.6. The molecule has 3 atom stereocenters. The van der Waals surface area contributed by atoms with Gasteiger partial charge in [-0.1, -0.05) is 37.6 Å². The second-order valence-corrected chi connectivity index (χ2v) is 7.32. The van der Waals surface area contributed by atoms with Gasteiger partial charge in [-0.15, -0.1) is 0 Å². The molecule has 0 aromatic heterocycles. The van der Waals surface area contributed by atoms with Gasteiger partial charge in [0.1, 0.15) is 0 Å². The van der Waals surface area contributed by atoms with E-state index in [1.807, 2.05) is 0 Å². The summed E-state index contributed by atoms with van der Waals surface area (Å²) in [7, 11) is 0. The van der Waals surface area contributed by atoms with Crippen LogP contribution in [0.3, 0.4) is 0 Å². The van der Waals surface area contributed by atoms with Crippen molar-refractivity contribution in [2.24, 2.45) is 17.8 Å². The average molecular weight is 269 g/mol. The molecular weight excluding hydrogens is 242 g/mol. The van der Waals surface area contributed by atoms with Crippen LogP contribution in [0.5, 0.6) is 0 Å². The van der Waals surface area contributed by atoms with Crippen LogP contribution in [0, 0.1) is 17.8 Å². The Morgan fingerprint density at radius 2 is 1.95 bits per heavy atom. The van der Waals surface area contributed by atoms with Crippen molar-refractivity contribution in [3.63, 3.8) is 0 Å². The maximum Gasteiger partial charge on any atom is 0.0348 e. The normalized spacial score (nSPS) is 33.5. The minimum atomic E-state index is 0.604. The molecule has 0 heterocycles. The molecule has 1 heteroatoms. The lowest BCUT2D eigenvalue weighted by molar-refractivity contribution is 0.345. The SMILES string of the molecule is CCNC(c1cccc(C2CCC2)c1)C1CC2CC2C1. The highest BCUT2D eigenvalue weighted by Gasteiger charge is 2.47. The number of hydrogen-bond donors (Lipinski definition) is 1. The van der Waals surface area contributed by atoms with Gasteiger partial charge < -0.3 is 5.32 Å². The molecule has 1 N–H and O–H groups in total. The van der Waals surface area contributed by atoms with Crippen molar-refractivity contribution in [2.75, 3.05) is 6.54 Å². The van der Waals surface area contributed by atoms with E-state index in [9.17, 15) is 0 Å². The molecule has 0 amide bonds. The van der Waals surface area contributed by atoms with Crippen LogP contribution in [0.4, 0.5) is 0 Å². The van der Waals surface area contributed by atoms with Crippen molar-refractivity contribution in [3.05, 3.63) is 35.4 Å². The Morgan fingerprint density at radius 1 is 1.15 bits per heavy atom. The van der Waals surface area contributed by atoms with Gasteiger partial charge >= 0.3 is 0 Å². The van der Waals surface area contributed by atoms with Crippen LogP contribution in [0.15, 0.2) is 24.3 Å². The summed E-state index contributed by atoms with van der Waals surface area (Å²) < 4.78 is 0. The summed E-state index contributed by atoms with van der Waals surface area (Å²) in [5.41, 5.74) is 3.15. The van der Waals surface area contributed by atoms with Crippen LogP contribution in [-0.4, -0.2) is 6.54 Å². The van der Waals surface area contributed by atoms with E-state index in [0.29, 0.717) is 6.04 Å². The van der Waals surface area contributed by atoms with Crippen molar-refractivity contribution in [1.82, 2.24) is 5.32 Å². The summed E-state index contributed by atoms with van der Waals surface area (Å²) in [6.07, 6.45) is 8.70. The smallest absolute Gasteiger partial charge is 0.0348 e. The Balaban J connectivity index is 1.55. The number of benzene rings is 1. The zero-order chi connectivity index (χ0) is 13.5. The van der Waals surface area contributed by atoms with Crippen LogP contribution >= 0.6 is 0 Å². The third-order valence-corrected chi connectivity index (χ3v) is 6.02. The number of fused-ring (bicyclic) bond motifs is 1. The van der Waals surface area contributed by atoms with Gasteiger partial charge in [0.05, 0.1) is 0 Å². The van der Waals surface area contributed by atoms with Crippen molar-refractivity contribution in [1.29, 1.82) is 0 Å². The van der Waals surface area contributed by atoms with E-state index in [1.165, 1.54) is 38.5 Å². The van der Waals surface area contributed by atoms with Gasteiger partial charge in [0.2, 0.25) is 0 Å². The molecule has 3 aliphatic rings. The van der Waals surface area contributed by atoms with E-state index < -0.39 is 0 Å². The first-order valence-electron chi connectivity index (χ1n) is 8.68. The van der Waals surface area contributed by atoms with Gasteiger partial charge in [-0.3, -0.25) is 0 Å². The fourth-order valence-electron chi connectivity index (χ4n) is 4.56. The highest BCUT2D eigenvalue weighted by molar-refractivity contribution is 5.30. The van der Waals surface area contributed by atoms with Gasteiger partial charge in [-0.2, -0.15) is 0 Å². The zero-order valence-corrected chi connectivity index (χ0v) is 12.6. The van der Waals surface area contributed by atoms with Crippen molar-refractivity contribution in [2.45, 2.75) is 57.4 Å². The Kier molecular flexibility index (Phi) is 3.34. The molecule has 3 aliphatic carbocycles. The minimum Gasteiger partial charge on any atom is -0.310 e. The van der Waals surface area contributed by atoms with E-state index in [2.05, 4.69) is 36.5 Å². The predicted molar refractivity (Wildman–Crippen MR) is 83.8 cm³/mol. The van der Waals surface area contributed by atoms with Crippen LogP contribution in [0.1, 0.15) is 68.5 Å². The molecule has 3 saturated carbocycles. The number of hydrogen-bond acceptors (Lipinski definition) is 1. The lowest BCUT2D eigenvalue weighted by Gasteiger charge is -2.29. The van der Waals surface area contributed by atoms with E-state index in [0.717, 1.165) is 30.2 Å². The molecule has 108 valence electrons. The van der Waals surface area contributed by atoms with E-state index >= 15 is 0 Å². The summed E-state index contributed by atoms with van der Waals surface area (Å²) in [5.74, 6) is 3.90. The number of rotatable bonds is 5. The first kappa shape index (κ1) is 12.9. The van der Waals surface area contributed by atoms with Crippen LogP contribution in [0.2, 0.25) is 0 Å². The standard InChI is InChI=1S/C19H27N/c1-2-20-19(18-11-16-10-17(16)12-18)15-8-4-7-14(9-15)13-5-3-6-13/h4,7-9,13,16-20H,2-3,5-6,10-12H2,1H3. The molecule has 0 spiro atoms. The summed E-state index contributed by atoms with van der Waals surface area (Å²) in [6, 6.07) is 10.1. The molecule has 0 radical (unpaired) electrons. The van der Waals surface area contributed by atoms with Gasteiger partial charge in [0.15, 0.2) is 0 Å². The van der Waals surface area contributed by atoms with Crippen molar-refractivity contribution in [3.8, 4) is 0 Å². The molecular formula is C19H27N. The third kappa shape index (κ3) is 2.30. The predicted octanol–water partition coefficient (Wildman–Crippen LogP) is 4.65. The molecule has 0 saturated heterocycles. The monoisotopic (exact) mass is 269 g/mol. The van der Waals surface area contributed by atoms with Crippen LogP contribution in [0.25, 0.3) is 0 Å². The fraction of sp³-hybridized carbons (Fsp3) is 0.684. The Labute approximate surface area is 123 Å². The maximum absolute atomic E-state index is 3.78. The third-order valence-electron chi connectivity index (χ3n) is 6.02. The van der Waals surface area contributed by atoms with Crippen LogP contribution in [-0.2, 0) is 0 Å². The van der Waals surface area contributed by atoms with Gasteiger partial charge in [0.25, 0.3) is 0 Å². The Morgan fingerprint density at radius 3 is 2.60 bits per heavy atom. The maximum atomic E-state index is 3.78. The molecule has 0 aliphatic heterocycles. The Bertz CT molecular complexity index is 466. The van der Waals surface area contributed by atoms with Gasteiger partial charge in [-0.25, -0.2) is 0 Å². The first-order valence-corrected chi connectivity index (χ1v) is 8.68. The minimum absolute atomic E-state index is 0.604. The second kappa shape index (κ2) is 5.18. The summed E-state index contributed by atoms with van der Waals surface area (Å²) in [4.78, 5) is 0. The molecule has 4 rings (SSSR count). The van der Waals surface area contributed by atoms with E-state index in [-0.39, 0.29) is 0 Å². The first-order chi connectivity index (χ1) is 9.85. The highest BCUT2D eigenvalue weighted by Crippen LogP contribution is 2.57. The van der Waals surface area contributed by atoms with Crippen molar-refractivity contribution >= 4 is 0 Å². The molecule has 1 aromatic rings. The molecule has 1 aromatic carbocycles.